The molecule has 1 aromatic rings. The van der Waals surface area contributed by atoms with Crippen LogP contribution in [0.1, 0.15) is 18.5 Å². The predicted octanol–water partition coefficient (Wildman–Crippen LogP) is 1.81. The van der Waals surface area contributed by atoms with Crippen LogP contribution in [0.3, 0.4) is 0 Å². The van der Waals surface area contributed by atoms with Crippen LogP contribution in [0.4, 0.5) is 4.39 Å². The number of halogens is 1. The number of carboxylic acid groups (broad SMARTS) is 1. The zero-order valence-corrected chi connectivity index (χ0v) is 8.70. The summed E-state index contributed by atoms with van der Waals surface area (Å²) in [5.74, 6) is -1.86. The number of rotatable bonds is 4. The summed E-state index contributed by atoms with van der Waals surface area (Å²) in [5.41, 5.74) is 0.646. The Morgan fingerprint density at radius 3 is 2.67 bits per heavy atom. The molecule has 0 radical (unpaired) electrons. The van der Waals surface area contributed by atoms with Crippen molar-refractivity contribution in [3.63, 3.8) is 0 Å². The summed E-state index contributed by atoms with van der Waals surface area (Å²) in [6, 6.07) is 5.59. The van der Waals surface area contributed by atoms with Gasteiger partial charge in [-0.1, -0.05) is 19.1 Å². The number of aliphatic carboxylic acids is 1. The number of carboxylic acids is 1. The normalized spacial score (nSPS) is 14.6. The molecule has 0 saturated heterocycles. The van der Waals surface area contributed by atoms with E-state index in [4.69, 9.17) is 5.11 Å². The van der Waals surface area contributed by atoms with Crippen LogP contribution in [0.5, 0.6) is 0 Å². The van der Waals surface area contributed by atoms with Crippen molar-refractivity contribution < 1.29 is 14.3 Å². The minimum atomic E-state index is -0.904. The van der Waals surface area contributed by atoms with Gasteiger partial charge in [0, 0.05) is 6.04 Å². The van der Waals surface area contributed by atoms with Crippen molar-refractivity contribution in [3.8, 4) is 0 Å². The Bertz CT molecular complexity index is 354. The molecule has 0 aliphatic carbocycles. The van der Waals surface area contributed by atoms with Crippen LogP contribution in [0.15, 0.2) is 24.3 Å². The molecule has 1 aromatic carbocycles. The van der Waals surface area contributed by atoms with Crippen LogP contribution in [0, 0.1) is 11.7 Å². The van der Waals surface area contributed by atoms with Gasteiger partial charge in [-0.3, -0.25) is 4.79 Å². The first-order valence-electron chi connectivity index (χ1n) is 4.71. The lowest BCUT2D eigenvalue weighted by atomic mass is 9.95. The highest BCUT2D eigenvalue weighted by molar-refractivity contribution is 5.70. The van der Waals surface area contributed by atoms with E-state index in [0.717, 1.165) is 0 Å². The third-order valence-corrected chi connectivity index (χ3v) is 2.41. The zero-order valence-electron chi connectivity index (χ0n) is 8.70. The van der Waals surface area contributed by atoms with Crippen molar-refractivity contribution in [2.24, 2.45) is 5.92 Å². The fourth-order valence-corrected chi connectivity index (χ4v) is 1.55. The first-order valence-corrected chi connectivity index (χ1v) is 4.71. The number of benzene rings is 1. The monoisotopic (exact) mass is 211 g/mol. The van der Waals surface area contributed by atoms with E-state index in [-0.39, 0.29) is 11.9 Å². The average Bonchev–Trinajstić information content (AvgIpc) is 2.18. The first-order chi connectivity index (χ1) is 7.06. The Labute approximate surface area is 87.9 Å². The lowest BCUT2D eigenvalue weighted by Gasteiger charge is -2.20. The Morgan fingerprint density at radius 1 is 1.53 bits per heavy atom. The van der Waals surface area contributed by atoms with Crippen molar-refractivity contribution in [2.45, 2.75) is 13.0 Å². The van der Waals surface area contributed by atoms with Crippen LogP contribution in [0.25, 0.3) is 0 Å². The summed E-state index contributed by atoms with van der Waals surface area (Å²) in [7, 11) is 1.66. The molecule has 0 bridgehead atoms. The first kappa shape index (κ1) is 11.7. The maximum absolute atomic E-state index is 13.0. The second-order valence-corrected chi connectivity index (χ2v) is 3.45. The number of nitrogens with one attached hydrogen (secondary N) is 1. The lowest BCUT2D eigenvalue weighted by Crippen LogP contribution is -2.28. The number of hydrogen-bond acceptors (Lipinski definition) is 2. The smallest absolute Gasteiger partial charge is 0.308 e. The van der Waals surface area contributed by atoms with Gasteiger partial charge in [0.05, 0.1) is 5.92 Å². The molecular formula is C11H14FNO2. The van der Waals surface area contributed by atoms with Gasteiger partial charge in [0.15, 0.2) is 0 Å². The molecule has 82 valence electrons. The van der Waals surface area contributed by atoms with Gasteiger partial charge in [-0.25, -0.2) is 4.39 Å². The van der Waals surface area contributed by atoms with Gasteiger partial charge >= 0.3 is 5.97 Å². The maximum Gasteiger partial charge on any atom is 0.308 e. The van der Waals surface area contributed by atoms with E-state index in [0.29, 0.717) is 5.56 Å². The quantitative estimate of drug-likeness (QED) is 0.798. The Hall–Kier alpha value is -1.42. The van der Waals surface area contributed by atoms with Gasteiger partial charge in [-0.2, -0.15) is 0 Å². The van der Waals surface area contributed by atoms with Crippen molar-refractivity contribution in [1.82, 2.24) is 5.32 Å². The minimum absolute atomic E-state index is 0.356. The number of carbonyl (C=O) groups is 1. The summed E-state index contributed by atoms with van der Waals surface area (Å²) in [5, 5.41) is 11.8. The summed E-state index contributed by atoms with van der Waals surface area (Å²) in [6.07, 6.45) is 0. The summed E-state index contributed by atoms with van der Waals surface area (Å²) in [6.45, 7) is 1.59. The van der Waals surface area contributed by atoms with Gasteiger partial charge < -0.3 is 10.4 Å². The van der Waals surface area contributed by atoms with Crippen LogP contribution < -0.4 is 5.32 Å². The molecule has 3 nitrogen and oxygen atoms in total. The predicted molar refractivity (Wildman–Crippen MR) is 55.0 cm³/mol. The van der Waals surface area contributed by atoms with Gasteiger partial charge in [-0.15, -0.1) is 0 Å². The van der Waals surface area contributed by atoms with Gasteiger partial charge in [0.25, 0.3) is 0 Å². The van der Waals surface area contributed by atoms with Crippen LogP contribution in [0.2, 0.25) is 0 Å². The van der Waals surface area contributed by atoms with E-state index in [1.54, 1.807) is 26.1 Å². The third-order valence-electron chi connectivity index (χ3n) is 2.41. The highest BCUT2D eigenvalue weighted by atomic mass is 19.1. The highest BCUT2D eigenvalue weighted by Crippen LogP contribution is 2.22. The average molecular weight is 211 g/mol. The molecule has 0 fully saturated rings. The van der Waals surface area contributed by atoms with E-state index in [1.807, 2.05) is 0 Å². The summed E-state index contributed by atoms with van der Waals surface area (Å²) >= 11 is 0. The van der Waals surface area contributed by atoms with Crippen LogP contribution >= 0.6 is 0 Å². The Balaban J connectivity index is 2.97. The van der Waals surface area contributed by atoms with Crippen LogP contribution in [-0.2, 0) is 4.79 Å². The molecule has 0 aliphatic rings. The molecule has 0 aromatic heterocycles. The third kappa shape index (κ3) is 2.76. The Kier molecular flexibility index (Phi) is 3.80. The molecule has 2 unspecified atom stereocenters. The van der Waals surface area contributed by atoms with E-state index >= 15 is 0 Å². The molecule has 2 atom stereocenters. The SMILES string of the molecule is CNC(c1cccc(F)c1)C(C)C(=O)O. The Morgan fingerprint density at radius 2 is 2.20 bits per heavy atom. The van der Waals surface area contributed by atoms with E-state index in [9.17, 15) is 9.18 Å². The fraction of sp³-hybridized carbons (Fsp3) is 0.364. The molecule has 0 heterocycles. The van der Waals surface area contributed by atoms with Gasteiger partial charge in [0.1, 0.15) is 5.82 Å². The van der Waals surface area contributed by atoms with Crippen molar-refractivity contribution >= 4 is 5.97 Å². The van der Waals surface area contributed by atoms with Crippen molar-refractivity contribution in [1.29, 1.82) is 0 Å². The van der Waals surface area contributed by atoms with Gasteiger partial charge in [-0.05, 0) is 24.7 Å². The van der Waals surface area contributed by atoms with E-state index < -0.39 is 11.9 Å². The highest BCUT2D eigenvalue weighted by Gasteiger charge is 2.23. The summed E-state index contributed by atoms with van der Waals surface area (Å²) < 4.78 is 13.0. The molecule has 0 amide bonds. The second-order valence-electron chi connectivity index (χ2n) is 3.45. The number of hydrogen-bond donors (Lipinski definition) is 2. The summed E-state index contributed by atoms with van der Waals surface area (Å²) in [4.78, 5) is 10.8. The van der Waals surface area contributed by atoms with Crippen molar-refractivity contribution in [2.75, 3.05) is 7.05 Å². The molecule has 1 rings (SSSR count). The molecule has 15 heavy (non-hydrogen) atoms. The van der Waals surface area contributed by atoms with E-state index in [2.05, 4.69) is 5.32 Å². The topological polar surface area (TPSA) is 49.3 Å². The van der Waals surface area contributed by atoms with Crippen molar-refractivity contribution in [3.05, 3.63) is 35.6 Å². The second kappa shape index (κ2) is 4.89. The van der Waals surface area contributed by atoms with Crippen LogP contribution in [-0.4, -0.2) is 18.1 Å². The fourth-order valence-electron chi connectivity index (χ4n) is 1.55. The molecular weight excluding hydrogens is 197 g/mol. The minimum Gasteiger partial charge on any atom is -0.481 e. The standard InChI is InChI=1S/C11H14FNO2/c1-7(11(14)15)10(13-2)8-4-3-5-9(12)6-8/h3-7,10,13H,1-2H3,(H,14,15). The largest absolute Gasteiger partial charge is 0.481 e. The van der Waals surface area contributed by atoms with Gasteiger partial charge in [0.2, 0.25) is 0 Å². The molecule has 0 saturated carbocycles. The zero-order chi connectivity index (χ0) is 11.4. The molecule has 0 spiro atoms. The molecule has 0 aliphatic heterocycles. The molecule has 4 heteroatoms. The maximum atomic E-state index is 13.0. The van der Waals surface area contributed by atoms with E-state index in [1.165, 1.54) is 12.1 Å². The molecule has 2 N–H and O–H groups in total. The lowest BCUT2D eigenvalue weighted by molar-refractivity contribution is -0.142.